The van der Waals surface area contributed by atoms with Crippen LogP contribution in [-0.2, 0) is 15.7 Å². The lowest BCUT2D eigenvalue weighted by molar-refractivity contribution is -0.138. The number of hydrogen-bond acceptors (Lipinski definition) is 5. The third kappa shape index (κ3) is 7.09. The van der Waals surface area contributed by atoms with E-state index < -0.39 is 42.1 Å². The molecule has 1 fully saturated rings. The molecule has 1 heterocycles. The van der Waals surface area contributed by atoms with Gasteiger partial charge in [0.2, 0.25) is 0 Å². The number of para-hydroxylation sites is 1. The van der Waals surface area contributed by atoms with E-state index in [1.165, 1.54) is 53.5 Å². The van der Waals surface area contributed by atoms with Crippen molar-refractivity contribution in [2.75, 3.05) is 11.9 Å². The van der Waals surface area contributed by atoms with Gasteiger partial charge in [0.1, 0.15) is 11.6 Å². The lowest BCUT2D eigenvalue weighted by atomic mass is 9.77. The lowest BCUT2D eigenvalue weighted by Crippen LogP contribution is -2.34. The van der Waals surface area contributed by atoms with Crippen LogP contribution in [0.4, 0.5) is 33.3 Å². The summed E-state index contributed by atoms with van der Waals surface area (Å²) in [6.45, 7) is -0.672. The van der Waals surface area contributed by atoms with Crippen LogP contribution < -0.4 is 5.32 Å². The number of allylic oxidation sites excluding steroid dienone is 1. The molecule has 1 aliphatic carbocycles. The maximum atomic E-state index is 13.9. The zero-order valence-electron chi connectivity index (χ0n) is 24.8. The van der Waals surface area contributed by atoms with Crippen molar-refractivity contribution >= 4 is 35.0 Å². The number of benzene rings is 4. The number of halogens is 5. The Morgan fingerprint density at radius 1 is 0.915 bits per heavy atom. The summed E-state index contributed by atoms with van der Waals surface area (Å²) in [5, 5.41) is 8.81. The molecule has 1 amide bonds. The number of carbonyl (C=O) groups is 2. The van der Waals surface area contributed by atoms with E-state index in [2.05, 4.69) is 5.32 Å². The summed E-state index contributed by atoms with van der Waals surface area (Å²) in [7, 11) is 0. The van der Waals surface area contributed by atoms with E-state index >= 15 is 0 Å². The van der Waals surface area contributed by atoms with Gasteiger partial charge in [-0.25, -0.2) is 18.6 Å². The predicted octanol–water partition coefficient (Wildman–Crippen LogP) is 8.71. The van der Waals surface area contributed by atoms with E-state index in [1.807, 2.05) is 6.08 Å². The highest BCUT2D eigenvalue weighted by Gasteiger charge is 2.44. The Bertz CT molecular complexity index is 1850. The van der Waals surface area contributed by atoms with Crippen LogP contribution in [0.25, 0.3) is 6.08 Å². The number of carbonyl (C=O) groups excluding carboxylic acids is 2. The third-order valence-electron chi connectivity index (χ3n) is 8.12. The zero-order chi connectivity index (χ0) is 33.1. The van der Waals surface area contributed by atoms with Crippen molar-refractivity contribution in [2.45, 2.75) is 31.5 Å². The lowest BCUT2D eigenvalue weighted by Gasteiger charge is -2.29. The highest BCUT2D eigenvalue weighted by atomic mass is 19.4. The van der Waals surface area contributed by atoms with E-state index in [-0.39, 0.29) is 28.7 Å². The maximum absolute atomic E-state index is 13.9. The molecule has 47 heavy (non-hydrogen) atoms. The molecule has 0 bridgehead atoms. The molecular formula is C36H28F5N3O3. The van der Waals surface area contributed by atoms with Crippen molar-refractivity contribution < 1.29 is 36.3 Å². The average Bonchev–Trinajstić information content (AvgIpc) is 3.46. The van der Waals surface area contributed by atoms with Gasteiger partial charge in [0.05, 0.1) is 28.6 Å². The minimum absolute atomic E-state index is 0.0127. The Balaban J connectivity index is 1.23. The molecule has 0 saturated heterocycles. The smallest absolute Gasteiger partial charge is 0.416 e. The molecule has 4 aromatic carbocycles. The summed E-state index contributed by atoms with van der Waals surface area (Å²) in [5.41, 5.74) is 2.47. The summed E-state index contributed by atoms with van der Waals surface area (Å²) < 4.78 is 72.4. The highest BCUT2D eigenvalue weighted by Crippen LogP contribution is 2.44. The summed E-state index contributed by atoms with van der Waals surface area (Å²) in [4.78, 5) is 26.9. The Morgan fingerprint density at radius 3 is 2.34 bits per heavy atom. The number of amides is 1. The molecule has 6 rings (SSSR count). The van der Waals surface area contributed by atoms with Crippen molar-refractivity contribution in [1.29, 1.82) is 0 Å². The maximum Gasteiger partial charge on any atom is 0.416 e. The standard InChI is InChI=1S/C36H28F5N3O3/c37-26-15-11-22(12-16-26)19-24-5-3-9-30-33(24)43-44(34(30)23-13-17-27(38)18-14-23)32(45)21-47-35(46)29-8-1-2-10-31(29)42-28-7-4-6-25(20-28)36(39,40)41/h1-2,4,6-8,10-20,30,34,42H,3,5,9,21H2/b24-19-/t30-,34-/m1/s1. The molecule has 0 radical (unpaired) electrons. The van der Waals surface area contributed by atoms with Gasteiger partial charge in [0, 0.05) is 11.6 Å². The van der Waals surface area contributed by atoms with Gasteiger partial charge >= 0.3 is 12.1 Å². The Morgan fingerprint density at radius 2 is 1.62 bits per heavy atom. The Kier molecular flexibility index (Phi) is 8.88. The Labute approximate surface area is 267 Å². The molecular weight excluding hydrogens is 617 g/mol. The van der Waals surface area contributed by atoms with Crippen LogP contribution in [-0.4, -0.2) is 29.2 Å². The zero-order valence-corrected chi connectivity index (χ0v) is 24.8. The SMILES string of the molecule is O=C(OCC(=O)N1N=C2/C(=C\c3ccc(F)cc3)CCC[C@H]2[C@H]1c1ccc(F)cc1)c1ccccc1Nc1cccc(C(F)(F)F)c1. The third-order valence-corrected chi connectivity index (χ3v) is 8.12. The first-order valence-corrected chi connectivity index (χ1v) is 14.9. The van der Waals surface area contributed by atoms with Crippen LogP contribution in [0.1, 0.15) is 52.4 Å². The van der Waals surface area contributed by atoms with Crippen molar-refractivity contribution in [3.8, 4) is 0 Å². The molecule has 0 spiro atoms. The monoisotopic (exact) mass is 645 g/mol. The first kappa shape index (κ1) is 31.7. The predicted molar refractivity (Wildman–Crippen MR) is 167 cm³/mol. The number of nitrogens with zero attached hydrogens (tertiary/aromatic N) is 2. The highest BCUT2D eigenvalue weighted by molar-refractivity contribution is 6.08. The largest absolute Gasteiger partial charge is 0.452 e. The van der Waals surface area contributed by atoms with Crippen LogP contribution in [0.15, 0.2) is 108 Å². The number of rotatable bonds is 7. The molecule has 0 aromatic heterocycles. The van der Waals surface area contributed by atoms with Gasteiger partial charge in [-0.15, -0.1) is 0 Å². The van der Waals surface area contributed by atoms with Crippen LogP contribution >= 0.6 is 0 Å². The van der Waals surface area contributed by atoms with Gasteiger partial charge in [-0.2, -0.15) is 18.3 Å². The fourth-order valence-electron chi connectivity index (χ4n) is 5.93. The van der Waals surface area contributed by atoms with Gasteiger partial charge < -0.3 is 10.1 Å². The molecule has 240 valence electrons. The molecule has 1 N–H and O–H groups in total. The molecule has 1 saturated carbocycles. The molecule has 2 atom stereocenters. The number of anilines is 2. The second kappa shape index (κ2) is 13.2. The van der Waals surface area contributed by atoms with Crippen LogP contribution in [0.5, 0.6) is 0 Å². The molecule has 4 aromatic rings. The van der Waals surface area contributed by atoms with Crippen molar-refractivity contribution in [2.24, 2.45) is 11.0 Å². The molecule has 11 heteroatoms. The summed E-state index contributed by atoms with van der Waals surface area (Å²) in [6, 6.07) is 21.9. The van der Waals surface area contributed by atoms with Gasteiger partial charge in [-0.05, 0) is 96.6 Å². The fourth-order valence-corrected chi connectivity index (χ4v) is 5.93. The van der Waals surface area contributed by atoms with Crippen LogP contribution in [0.2, 0.25) is 0 Å². The first-order chi connectivity index (χ1) is 22.6. The van der Waals surface area contributed by atoms with E-state index in [4.69, 9.17) is 9.84 Å². The Hall–Kier alpha value is -5.32. The average molecular weight is 646 g/mol. The van der Waals surface area contributed by atoms with E-state index in [0.717, 1.165) is 29.7 Å². The van der Waals surface area contributed by atoms with Gasteiger partial charge in [-0.1, -0.05) is 42.5 Å². The fraction of sp³-hybridized carbons (Fsp3) is 0.194. The number of ether oxygens (including phenoxy) is 1. The molecule has 2 aliphatic rings. The number of hydrogen-bond donors (Lipinski definition) is 1. The number of fused-ring (bicyclic) bond motifs is 1. The minimum atomic E-state index is -4.55. The first-order valence-electron chi connectivity index (χ1n) is 14.9. The summed E-state index contributed by atoms with van der Waals surface area (Å²) >= 11 is 0. The van der Waals surface area contributed by atoms with Gasteiger partial charge in [-0.3, -0.25) is 4.79 Å². The van der Waals surface area contributed by atoms with Crippen molar-refractivity contribution in [3.63, 3.8) is 0 Å². The normalized spacial score (nSPS) is 18.4. The molecule has 1 aliphatic heterocycles. The number of alkyl halides is 3. The van der Waals surface area contributed by atoms with E-state index in [0.29, 0.717) is 24.1 Å². The number of esters is 1. The summed E-state index contributed by atoms with van der Waals surface area (Å²) in [6.07, 6.45) is -0.429. The second-order valence-corrected chi connectivity index (χ2v) is 11.3. The number of hydrazone groups is 1. The van der Waals surface area contributed by atoms with E-state index in [1.54, 1.807) is 36.4 Å². The van der Waals surface area contributed by atoms with Crippen LogP contribution in [0.3, 0.4) is 0 Å². The van der Waals surface area contributed by atoms with Crippen molar-refractivity contribution in [1.82, 2.24) is 5.01 Å². The van der Waals surface area contributed by atoms with Crippen LogP contribution in [0, 0.1) is 17.6 Å². The van der Waals surface area contributed by atoms with Crippen molar-refractivity contribution in [3.05, 3.63) is 137 Å². The van der Waals surface area contributed by atoms with E-state index in [9.17, 15) is 31.5 Å². The molecule has 6 nitrogen and oxygen atoms in total. The van der Waals surface area contributed by atoms with Gasteiger partial charge in [0.25, 0.3) is 5.91 Å². The topological polar surface area (TPSA) is 71.0 Å². The summed E-state index contributed by atoms with van der Waals surface area (Å²) in [5.74, 6) is -2.48. The second-order valence-electron chi connectivity index (χ2n) is 11.3. The molecule has 0 unspecified atom stereocenters. The quantitative estimate of drug-likeness (QED) is 0.161. The number of nitrogens with one attached hydrogen (secondary N) is 1. The minimum Gasteiger partial charge on any atom is -0.452 e. The van der Waals surface area contributed by atoms with Gasteiger partial charge in [0.15, 0.2) is 6.61 Å².